The number of hydrogen-bond acceptors (Lipinski definition) is 2. The molecule has 3 N–H and O–H groups in total. The van der Waals surface area contributed by atoms with E-state index in [0.29, 0.717) is 36.2 Å². The van der Waals surface area contributed by atoms with Gasteiger partial charge in [-0.25, -0.2) is 0 Å². The van der Waals surface area contributed by atoms with Crippen LogP contribution in [0.1, 0.15) is 65.2 Å². The molecule has 0 radical (unpaired) electrons. The average Bonchev–Trinajstić information content (AvgIpc) is 2.76. The van der Waals surface area contributed by atoms with E-state index in [4.69, 9.17) is 0 Å². The summed E-state index contributed by atoms with van der Waals surface area (Å²) in [5, 5.41) is 0. The summed E-state index contributed by atoms with van der Waals surface area (Å²) in [6.45, 7) is 4.54. The number of allylic oxidation sites excluding steroid dienone is 1. The maximum Gasteiger partial charge on any atom is 0.139 e. The van der Waals surface area contributed by atoms with E-state index >= 15 is 0 Å². The Bertz CT molecular complexity index is 594. The molecule has 0 heterocycles. The third-order valence-electron chi connectivity index (χ3n) is 7.95. The third-order valence-corrected chi connectivity index (χ3v) is 7.95. The lowest BCUT2D eigenvalue weighted by Gasteiger charge is -2.57. The second-order valence-electron chi connectivity index (χ2n) is 8.82. The molecule has 3 fully saturated rings. The molecule has 0 aromatic carbocycles. The zero-order valence-corrected chi connectivity index (χ0v) is 13.9. The van der Waals surface area contributed by atoms with Crippen LogP contribution in [0.15, 0.2) is 11.6 Å². The Hall–Kier alpha value is -0.960. The number of hydrogen-bond donors (Lipinski definition) is 1. The molecule has 0 aromatic rings. The van der Waals surface area contributed by atoms with E-state index in [0.717, 1.165) is 38.5 Å². The van der Waals surface area contributed by atoms with Gasteiger partial charge in [0.2, 0.25) is 0 Å². The summed E-state index contributed by atoms with van der Waals surface area (Å²) in [6, 6.07) is 0. The smallest absolute Gasteiger partial charge is 0.139 e. The van der Waals surface area contributed by atoms with Crippen LogP contribution in [0.5, 0.6) is 0 Å². The highest BCUT2D eigenvalue weighted by molar-refractivity contribution is 5.87. The number of Topliss-reactive ketones (excluding diaryl/α,β-unsaturated/α-hetero) is 2. The van der Waals surface area contributed by atoms with Crippen LogP contribution in [0.25, 0.3) is 0 Å². The second kappa shape index (κ2) is 4.31. The third kappa shape index (κ3) is 1.61. The number of quaternary nitrogens is 1. The lowest BCUT2D eigenvalue weighted by molar-refractivity contribution is -0.510. The molecule has 0 spiro atoms. The van der Waals surface area contributed by atoms with Crippen LogP contribution in [-0.4, -0.2) is 17.1 Å². The molecule has 4 aliphatic rings. The molecule has 3 saturated carbocycles. The minimum atomic E-state index is -0.115. The summed E-state index contributed by atoms with van der Waals surface area (Å²) in [5.74, 6) is 1.95. The van der Waals surface area contributed by atoms with Crippen molar-refractivity contribution in [3.05, 3.63) is 11.6 Å². The van der Waals surface area contributed by atoms with Gasteiger partial charge in [0.05, 0.1) is 6.42 Å². The van der Waals surface area contributed by atoms with Crippen LogP contribution in [0.3, 0.4) is 0 Å². The van der Waals surface area contributed by atoms with E-state index in [2.05, 4.69) is 25.7 Å². The van der Waals surface area contributed by atoms with Crippen molar-refractivity contribution in [2.75, 3.05) is 0 Å². The van der Waals surface area contributed by atoms with Crippen molar-refractivity contribution in [1.82, 2.24) is 0 Å². The molecule has 4 rings (SSSR count). The maximum atomic E-state index is 12.4. The molecule has 3 nitrogen and oxygen atoms in total. The van der Waals surface area contributed by atoms with Gasteiger partial charge in [-0.3, -0.25) is 9.59 Å². The first-order chi connectivity index (χ1) is 10.3. The van der Waals surface area contributed by atoms with Crippen molar-refractivity contribution in [1.29, 1.82) is 0 Å². The zero-order chi connectivity index (χ0) is 15.8. The Labute approximate surface area is 132 Å². The summed E-state index contributed by atoms with van der Waals surface area (Å²) in [5.41, 5.74) is 5.95. The summed E-state index contributed by atoms with van der Waals surface area (Å²) in [7, 11) is 0. The monoisotopic (exact) mass is 302 g/mol. The summed E-state index contributed by atoms with van der Waals surface area (Å²) in [6.07, 6.45) is 9.59. The van der Waals surface area contributed by atoms with E-state index in [1.807, 2.05) is 0 Å². The molecule has 5 atom stereocenters. The number of fused-ring (bicyclic) bond motifs is 5. The van der Waals surface area contributed by atoms with Gasteiger partial charge < -0.3 is 5.73 Å². The summed E-state index contributed by atoms with van der Waals surface area (Å²) >= 11 is 0. The van der Waals surface area contributed by atoms with E-state index in [1.165, 1.54) is 0 Å². The molecule has 22 heavy (non-hydrogen) atoms. The largest absolute Gasteiger partial charge is 0.352 e. The fraction of sp³-hybridized carbons (Fsp3) is 0.789. The second-order valence-corrected chi connectivity index (χ2v) is 8.82. The number of carbonyl (C=O) groups excluding carboxylic acids is 2. The molecule has 0 saturated heterocycles. The van der Waals surface area contributed by atoms with Crippen molar-refractivity contribution in [3.8, 4) is 0 Å². The fourth-order valence-corrected chi connectivity index (χ4v) is 6.25. The number of carbonyl (C=O) groups is 2. The van der Waals surface area contributed by atoms with Crippen LogP contribution in [0, 0.1) is 22.7 Å². The Morgan fingerprint density at radius 3 is 2.68 bits per heavy atom. The molecule has 0 unspecified atom stereocenters. The first-order valence-electron chi connectivity index (χ1n) is 8.91. The molecular weight excluding hydrogens is 274 g/mol. The molecular formula is C19H28NO2+. The van der Waals surface area contributed by atoms with Crippen LogP contribution in [0.4, 0.5) is 0 Å². The van der Waals surface area contributed by atoms with E-state index in [1.54, 1.807) is 5.57 Å². The van der Waals surface area contributed by atoms with Gasteiger partial charge in [-0.15, -0.1) is 0 Å². The molecule has 4 aliphatic carbocycles. The summed E-state index contributed by atoms with van der Waals surface area (Å²) in [4.78, 5) is 24.4. The Morgan fingerprint density at radius 1 is 1.14 bits per heavy atom. The topological polar surface area (TPSA) is 61.8 Å². The maximum absolute atomic E-state index is 12.4. The Kier molecular flexibility index (Phi) is 2.87. The minimum Gasteiger partial charge on any atom is -0.352 e. The molecule has 0 aromatic heterocycles. The van der Waals surface area contributed by atoms with Crippen molar-refractivity contribution in [2.24, 2.45) is 22.7 Å². The van der Waals surface area contributed by atoms with Crippen molar-refractivity contribution >= 4 is 11.6 Å². The minimum absolute atomic E-state index is 0.0663. The van der Waals surface area contributed by atoms with Gasteiger partial charge in [0.15, 0.2) is 0 Å². The fourth-order valence-electron chi connectivity index (χ4n) is 6.25. The Morgan fingerprint density at radius 2 is 1.91 bits per heavy atom. The predicted octanol–water partition coefficient (Wildman–Crippen LogP) is 2.45. The van der Waals surface area contributed by atoms with Gasteiger partial charge in [0.1, 0.15) is 17.1 Å². The van der Waals surface area contributed by atoms with Crippen LogP contribution in [0.2, 0.25) is 0 Å². The lowest BCUT2D eigenvalue weighted by atomic mass is 9.47. The van der Waals surface area contributed by atoms with Gasteiger partial charge >= 0.3 is 0 Å². The van der Waals surface area contributed by atoms with Gasteiger partial charge in [-0.1, -0.05) is 18.6 Å². The normalized spacial score (nSPS) is 51.0. The number of ketones is 2. The highest BCUT2D eigenvalue weighted by Crippen LogP contribution is 2.63. The number of rotatable bonds is 0. The average molecular weight is 302 g/mol. The van der Waals surface area contributed by atoms with E-state index in [9.17, 15) is 9.59 Å². The van der Waals surface area contributed by atoms with Crippen molar-refractivity contribution in [3.63, 3.8) is 0 Å². The van der Waals surface area contributed by atoms with E-state index < -0.39 is 0 Å². The van der Waals surface area contributed by atoms with Gasteiger partial charge in [0.25, 0.3) is 0 Å². The molecule has 0 bridgehead atoms. The predicted molar refractivity (Wildman–Crippen MR) is 83.8 cm³/mol. The van der Waals surface area contributed by atoms with Crippen LogP contribution < -0.4 is 5.73 Å². The molecule has 120 valence electrons. The zero-order valence-electron chi connectivity index (χ0n) is 13.9. The van der Waals surface area contributed by atoms with E-state index in [-0.39, 0.29) is 16.4 Å². The van der Waals surface area contributed by atoms with Crippen LogP contribution in [-0.2, 0) is 9.59 Å². The van der Waals surface area contributed by atoms with Crippen LogP contribution >= 0.6 is 0 Å². The van der Waals surface area contributed by atoms with Gasteiger partial charge in [0, 0.05) is 30.1 Å². The Balaban J connectivity index is 1.77. The highest BCUT2D eigenvalue weighted by Gasteiger charge is 2.62. The van der Waals surface area contributed by atoms with Gasteiger partial charge in [-0.2, -0.15) is 0 Å². The molecule has 0 aliphatic heterocycles. The molecule has 0 amide bonds. The standard InChI is InChI=1S/C19H27NO2/c1-17-8-7-15-13(14(17)3-4-16(17)22)6-10-19(20)11-12(21)5-9-18(15,19)2/h7,13-14H,3-6,8-11,20H2,1-2H3/p+1/t13-,14+,17+,18-,19-/m0/s1. The lowest BCUT2D eigenvalue weighted by Crippen LogP contribution is -2.82. The SMILES string of the molecule is C[C@@]12CC=C3[C@@H](CC[C@]4([NH3+])CC(=O)CC[C@@]34C)[C@H]1CCC2=O. The van der Waals surface area contributed by atoms with Crippen molar-refractivity contribution < 1.29 is 15.3 Å². The quantitative estimate of drug-likeness (QED) is 0.699. The first kappa shape index (κ1) is 14.6. The summed E-state index contributed by atoms with van der Waals surface area (Å²) < 4.78 is 0. The van der Waals surface area contributed by atoms with Gasteiger partial charge in [-0.05, 0) is 44.4 Å². The highest BCUT2D eigenvalue weighted by atomic mass is 16.1. The first-order valence-corrected chi connectivity index (χ1v) is 8.91. The molecule has 3 heteroatoms. The van der Waals surface area contributed by atoms with Crippen molar-refractivity contribution in [2.45, 2.75) is 70.8 Å².